The molecule has 6 nitrogen and oxygen atoms in total. The largest absolute Gasteiger partial charge is 0.397 e. The van der Waals surface area contributed by atoms with E-state index in [1.165, 1.54) is 12.1 Å². The van der Waals surface area contributed by atoms with Gasteiger partial charge in [-0.15, -0.1) is 0 Å². The van der Waals surface area contributed by atoms with Crippen LogP contribution in [0.15, 0.2) is 23.1 Å². The first-order valence-electron chi connectivity index (χ1n) is 7.08. The van der Waals surface area contributed by atoms with E-state index in [2.05, 4.69) is 10.0 Å². The summed E-state index contributed by atoms with van der Waals surface area (Å²) in [6.07, 6.45) is 0.571. The lowest BCUT2D eigenvalue weighted by Gasteiger charge is -2.24. The quantitative estimate of drug-likeness (QED) is 0.543. The van der Waals surface area contributed by atoms with E-state index < -0.39 is 10.0 Å². The van der Waals surface area contributed by atoms with Gasteiger partial charge in [0.05, 0.1) is 16.3 Å². The number of sulfonamides is 1. The van der Waals surface area contributed by atoms with Crippen molar-refractivity contribution in [2.45, 2.75) is 38.1 Å². The molecule has 1 atom stereocenters. The van der Waals surface area contributed by atoms with E-state index in [1.54, 1.807) is 13.0 Å². The molecule has 1 aromatic carbocycles. The van der Waals surface area contributed by atoms with Crippen LogP contribution in [0.3, 0.4) is 0 Å². The van der Waals surface area contributed by atoms with Crippen LogP contribution < -0.4 is 15.8 Å². The van der Waals surface area contributed by atoms with Crippen molar-refractivity contribution in [3.05, 3.63) is 18.2 Å². The van der Waals surface area contributed by atoms with E-state index in [0.717, 1.165) is 0 Å². The molecule has 5 N–H and O–H groups in total. The average molecular weight is 315 g/mol. The Hall–Kier alpha value is -1.31. The van der Waals surface area contributed by atoms with Crippen LogP contribution in [0.2, 0.25) is 0 Å². The standard InChI is InChI=1S/C14H25N3O3S/c1-4-16-21(19,20)11-5-6-12(15)14(9-11)17-13(7-8-18)10(2)3/h5-6,9-10,13,16-18H,4,7-8,15H2,1-3H3. The van der Waals surface area contributed by atoms with Crippen LogP contribution in [0, 0.1) is 5.92 Å². The first-order valence-corrected chi connectivity index (χ1v) is 8.56. The van der Waals surface area contributed by atoms with Crippen LogP contribution in [-0.4, -0.2) is 32.7 Å². The van der Waals surface area contributed by atoms with Gasteiger partial charge in [-0.25, -0.2) is 13.1 Å². The molecule has 0 fully saturated rings. The van der Waals surface area contributed by atoms with Gasteiger partial charge < -0.3 is 16.2 Å². The van der Waals surface area contributed by atoms with Crippen LogP contribution in [0.4, 0.5) is 11.4 Å². The highest BCUT2D eigenvalue weighted by Crippen LogP contribution is 2.25. The highest BCUT2D eigenvalue weighted by Gasteiger charge is 2.17. The number of aliphatic hydroxyl groups is 1. The fraction of sp³-hybridized carbons (Fsp3) is 0.571. The molecule has 0 saturated carbocycles. The molecule has 0 radical (unpaired) electrons. The number of hydrogen-bond acceptors (Lipinski definition) is 5. The molecule has 21 heavy (non-hydrogen) atoms. The lowest BCUT2D eigenvalue weighted by atomic mass is 10.0. The Kier molecular flexibility index (Phi) is 6.44. The van der Waals surface area contributed by atoms with Gasteiger partial charge in [0.2, 0.25) is 10.0 Å². The van der Waals surface area contributed by atoms with Crippen molar-refractivity contribution in [2.24, 2.45) is 5.92 Å². The SMILES string of the molecule is CCNS(=O)(=O)c1ccc(N)c(NC(CCO)C(C)C)c1. The van der Waals surface area contributed by atoms with E-state index >= 15 is 0 Å². The lowest BCUT2D eigenvalue weighted by molar-refractivity contribution is 0.267. The molecule has 0 spiro atoms. The molecule has 0 aliphatic rings. The van der Waals surface area contributed by atoms with Crippen LogP contribution in [0.5, 0.6) is 0 Å². The van der Waals surface area contributed by atoms with Crippen LogP contribution in [-0.2, 0) is 10.0 Å². The van der Waals surface area contributed by atoms with Crippen molar-refractivity contribution in [3.8, 4) is 0 Å². The molecule has 120 valence electrons. The molecule has 1 rings (SSSR count). The van der Waals surface area contributed by atoms with Crippen molar-refractivity contribution in [1.82, 2.24) is 4.72 Å². The van der Waals surface area contributed by atoms with Crippen LogP contribution >= 0.6 is 0 Å². The monoisotopic (exact) mass is 315 g/mol. The van der Waals surface area contributed by atoms with Gasteiger partial charge in [0.25, 0.3) is 0 Å². The highest BCUT2D eigenvalue weighted by atomic mass is 32.2. The van der Waals surface area contributed by atoms with Gasteiger partial charge >= 0.3 is 0 Å². The third-order valence-electron chi connectivity index (χ3n) is 3.26. The number of hydrogen-bond donors (Lipinski definition) is 4. The predicted molar refractivity (Wildman–Crippen MR) is 85.7 cm³/mol. The Morgan fingerprint density at radius 1 is 1.33 bits per heavy atom. The molecular formula is C14H25N3O3S. The molecule has 1 unspecified atom stereocenters. The van der Waals surface area contributed by atoms with Crippen molar-refractivity contribution < 1.29 is 13.5 Å². The van der Waals surface area contributed by atoms with Crippen LogP contribution in [0.1, 0.15) is 27.2 Å². The van der Waals surface area contributed by atoms with Crippen LogP contribution in [0.25, 0.3) is 0 Å². The lowest BCUT2D eigenvalue weighted by Crippen LogP contribution is -2.28. The van der Waals surface area contributed by atoms with Crippen molar-refractivity contribution in [1.29, 1.82) is 0 Å². The van der Waals surface area contributed by atoms with Gasteiger partial charge in [-0.2, -0.15) is 0 Å². The first kappa shape index (κ1) is 17.7. The van der Waals surface area contributed by atoms with Gasteiger partial charge in [-0.3, -0.25) is 0 Å². The second-order valence-electron chi connectivity index (χ2n) is 5.26. The fourth-order valence-electron chi connectivity index (χ4n) is 2.01. The molecule has 0 amide bonds. The summed E-state index contributed by atoms with van der Waals surface area (Å²) >= 11 is 0. The maximum absolute atomic E-state index is 12.0. The van der Waals surface area contributed by atoms with Crippen molar-refractivity contribution >= 4 is 21.4 Å². The summed E-state index contributed by atoms with van der Waals surface area (Å²) in [4.78, 5) is 0.174. The molecule has 0 saturated heterocycles. The Bertz CT molecular complexity index is 559. The molecule has 0 bridgehead atoms. The summed E-state index contributed by atoms with van der Waals surface area (Å²) in [6, 6.07) is 4.60. The number of nitrogens with one attached hydrogen (secondary N) is 2. The molecule has 0 heterocycles. The zero-order valence-corrected chi connectivity index (χ0v) is 13.6. The molecular weight excluding hydrogens is 290 g/mol. The summed E-state index contributed by atoms with van der Waals surface area (Å²) in [5.41, 5.74) is 6.96. The summed E-state index contributed by atoms with van der Waals surface area (Å²) in [7, 11) is -3.51. The van der Waals surface area contributed by atoms with E-state index in [-0.39, 0.29) is 23.5 Å². The minimum absolute atomic E-state index is 0.0226. The molecule has 0 aliphatic heterocycles. The van der Waals surface area contributed by atoms with Crippen molar-refractivity contribution in [3.63, 3.8) is 0 Å². The second-order valence-corrected chi connectivity index (χ2v) is 7.02. The molecule has 1 aromatic rings. The van der Waals surface area contributed by atoms with Crippen molar-refractivity contribution in [2.75, 3.05) is 24.2 Å². The number of benzene rings is 1. The second kappa shape index (κ2) is 7.63. The molecule has 0 aliphatic carbocycles. The minimum Gasteiger partial charge on any atom is -0.397 e. The van der Waals surface area contributed by atoms with E-state index in [4.69, 9.17) is 10.8 Å². The maximum Gasteiger partial charge on any atom is 0.240 e. The number of aliphatic hydroxyl groups excluding tert-OH is 1. The number of rotatable bonds is 8. The normalized spacial score (nSPS) is 13.4. The maximum atomic E-state index is 12.0. The smallest absolute Gasteiger partial charge is 0.240 e. The topological polar surface area (TPSA) is 104 Å². The Labute approximate surface area is 126 Å². The Balaban J connectivity index is 3.07. The first-order chi connectivity index (χ1) is 9.81. The zero-order chi connectivity index (χ0) is 16.0. The van der Waals surface area contributed by atoms with Gasteiger partial charge in [0, 0.05) is 19.2 Å². The summed E-state index contributed by atoms with van der Waals surface area (Å²) in [5.74, 6) is 0.283. The number of anilines is 2. The number of nitrogens with two attached hydrogens (primary N) is 1. The number of nitrogen functional groups attached to an aromatic ring is 1. The van der Waals surface area contributed by atoms with Gasteiger partial charge in [-0.05, 0) is 30.5 Å². The van der Waals surface area contributed by atoms with E-state index in [9.17, 15) is 8.42 Å². The zero-order valence-electron chi connectivity index (χ0n) is 12.8. The highest BCUT2D eigenvalue weighted by molar-refractivity contribution is 7.89. The fourth-order valence-corrected chi connectivity index (χ4v) is 3.08. The summed E-state index contributed by atoms with van der Waals surface area (Å²) in [5, 5.41) is 12.3. The third kappa shape index (κ3) is 4.87. The molecule has 7 heteroatoms. The summed E-state index contributed by atoms with van der Waals surface area (Å²) < 4.78 is 26.5. The Morgan fingerprint density at radius 3 is 2.52 bits per heavy atom. The molecule has 0 aromatic heterocycles. The minimum atomic E-state index is -3.51. The van der Waals surface area contributed by atoms with Gasteiger partial charge in [-0.1, -0.05) is 20.8 Å². The Morgan fingerprint density at radius 2 is 2.00 bits per heavy atom. The van der Waals surface area contributed by atoms with Gasteiger partial charge in [0.1, 0.15) is 0 Å². The van der Waals surface area contributed by atoms with E-state index in [1.807, 2.05) is 13.8 Å². The predicted octanol–water partition coefficient (Wildman–Crippen LogP) is 1.39. The summed E-state index contributed by atoms with van der Waals surface area (Å²) in [6.45, 7) is 6.18. The van der Waals surface area contributed by atoms with Gasteiger partial charge in [0.15, 0.2) is 0 Å². The average Bonchev–Trinajstić information content (AvgIpc) is 2.40. The third-order valence-corrected chi connectivity index (χ3v) is 4.80. The van der Waals surface area contributed by atoms with E-state index in [0.29, 0.717) is 24.3 Å².